The maximum atomic E-state index is 6.51. The van der Waals surface area contributed by atoms with Crippen LogP contribution in [0.2, 0.25) is 0 Å². The third kappa shape index (κ3) is 2.73. The highest BCUT2D eigenvalue weighted by molar-refractivity contribution is 4.94. The Hall–Kier alpha value is -0.0800. The molecule has 0 bridgehead atoms. The minimum atomic E-state index is 0.0704. The SMILES string of the molecule is CC1CCC(N)(CC2CCCO2)CC1C. The molecule has 2 heteroatoms. The lowest BCUT2D eigenvalue weighted by Crippen LogP contribution is -2.48. The maximum Gasteiger partial charge on any atom is 0.0593 e. The quantitative estimate of drug-likeness (QED) is 0.762. The van der Waals surface area contributed by atoms with E-state index in [9.17, 15) is 0 Å². The summed E-state index contributed by atoms with van der Waals surface area (Å²) in [5.41, 5.74) is 6.58. The van der Waals surface area contributed by atoms with Gasteiger partial charge in [0.2, 0.25) is 0 Å². The zero-order valence-corrected chi connectivity index (χ0v) is 10.2. The summed E-state index contributed by atoms with van der Waals surface area (Å²) in [6.07, 6.45) is 7.67. The molecule has 2 aliphatic rings. The van der Waals surface area contributed by atoms with Gasteiger partial charge < -0.3 is 10.5 Å². The van der Waals surface area contributed by atoms with Gasteiger partial charge in [-0.15, -0.1) is 0 Å². The molecule has 0 spiro atoms. The molecule has 2 nitrogen and oxygen atoms in total. The molecule has 2 fully saturated rings. The largest absolute Gasteiger partial charge is 0.378 e. The van der Waals surface area contributed by atoms with Crippen LogP contribution in [0.4, 0.5) is 0 Å². The number of rotatable bonds is 2. The molecule has 15 heavy (non-hydrogen) atoms. The maximum absolute atomic E-state index is 6.51. The molecular formula is C13H25NO. The van der Waals surface area contributed by atoms with Crippen molar-refractivity contribution >= 4 is 0 Å². The minimum Gasteiger partial charge on any atom is -0.378 e. The average molecular weight is 211 g/mol. The van der Waals surface area contributed by atoms with Gasteiger partial charge in [-0.1, -0.05) is 13.8 Å². The topological polar surface area (TPSA) is 35.2 Å². The van der Waals surface area contributed by atoms with Crippen molar-refractivity contribution < 1.29 is 4.74 Å². The predicted octanol–water partition coefficient (Wildman–Crippen LogP) is 2.71. The summed E-state index contributed by atoms with van der Waals surface area (Å²) in [6, 6.07) is 0. The summed E-state index contributed by atoms with van der Waals surface area (Å²) in [7, 11) is 0. The van der Waals surface area contributed by atoms with Crippen LogP contribution in [0, 0.1) is 11.8 Å². The summed E-state index contributed by atoms with van der Waals surface area (Å²) in [5.74, 6) is 1.64. The molecule has 2 rings (SSSR count). The molecule has 88 valence electrons. The van der Waals surface area contributed by atoms with Crippen molar-refractivity contribution in [3.8, 4) is 0 Å². The normalized spacial score (nSPS) is 47.0. The summed E-state index contributed by atoms with van der Waals surface area (Å²) in [6.45, 7) is 5.66. The standard InChI is InChI=1S/C13H25NO/c1-10-5-6-13(14,8-11(10)2)9-12-4-3-7-15-12/h10-12H,3-9,14H2,1-2H3. The second-order valence-corrected chi connectivity index (χ2v) is 5.90. The molecule has 1 aliphatic carbocycles. The summed E-state index contributed by atoms with van der Waals surface area (Å²) in [4.78, 5) is 0. The van der Waals surface area contributed by atoms with E-state index in [1.807, 2.05) is 0 Å². The third-order valence-corrected chi connectivity index (χ3v) is 4.46. The Balaban J connectivity index is 1.88. The molecule has 2 N–H and O–H groups in total. The van der Waals surface area contributed by atoms with Crippen molar-refractivity contribution in [2.24, 2.45) is 17.6 Å². The second kappa shape index (κ2) is 4.42. The van der Waals surface area contributed by atoms with E-state index in [0.717, 1.165) is 24.9 Å². The molecule has 1 heterocycles. The van der Waals surface area contributed by atoms with Crippen LogP contribution < -0.4 is 5.73 Å². The van der Waals surface area contributed by atoms with Gasteiger partial charge >= 0.3 is 0 Å². The van der Waals surface area contributed by atoms with E-state index in [-0.39, 0.29) is 5.54 Å². The second-order valence-electron chi connectivity index (χ2n) is 5.90. The highest BCUT2D eigenvalue weighted by atomic mass is 16.5. The fourth-order valence-corrected chi connectivity index (χ4v) is 3.19. The van der Waals surface area contributed by atoms with Crippen LogP contribution in [0.15, 0.2) is 0 Å². The Bertz CT molecular complexity index is 213. The first-order valence-electron chi connectivity index (χ1n) is 6.49. The number of ether oxygens (including phenoxy) is 1. The Kier molecular flexibility index (Phi) is 3.36. The fraction of sp³-hybridized carbons (Fsp3) is 1.00. The van der Waals surface area contributed by atoms with E-state index >= 15 is 0 Å². The summed E-state index contributed by atoms with van der Waals surface area (Å²) < 4.78 is 5.70. The van der Waals surface area contributed by atoms with Gasteiger partial charge in [-0.3, -0.25) is 0 Å². The molecule has 0 radical (unpaired) electrons. The van der Waals surface area contributed by atoms with Gasteiger partial charge in [0, 0.05) is 12.1 Å². The van der Waals surface area contributed by atoms with Crippen LogP contribution in [0.1, 0.15) is 52.4 Å². The van der Waals surface area contributed by atoms with Gasteiger partial charge in [0.25, 0.3) is 0 Å². The average Bonchev–Trinajstić information content (AvgIpc) is 2.64. The van der Waals surface area contributed by atoms with E-state index in [1.54, 1.807) is 0 Å². The molecule has 4 unspecified atom stereocenters. The van der Waals surface area contributed by atoms with Gasteiger partial charge in [0.15, 0.2) is 0 Å². The Morgan fingerprint density at radius 2 is 2.07 bits per heavy atom. The van der Waals surface area contributed by atoms with Gasteiger partial charge in [0.1, 0.15) is 0 Å². The lowest BCUT2D eigenvalue weighted by Gasteiger charge is -2.41. The molecule has 1 aliphatic heterocycles. The number of hydrogen-bond acceptors (Lipinski definition) is 2. The molecule has 0 amide bonds. The lowest BCUT2D eigenvalue weighted by molar-refractivity contribution is 0.0602. The Labute approximate surface area is 93.6 Å². The van der Waals surface area contributed by atoms with Crippen molar-refractivity contribution in [3.05, 3.63) is 0 Å². The van der Waals surface area contributed by atoms with Crippen molar-refractivity contribution in [2.45, 2.75) is 64.0 Å². The number of nitrogens with two attached hydrogens (primary N) is 1. The van der Waals surface area contributed by atoms with Crippen molar-refractivity contribution in [1.82, 2.24) is 0 Å². The Morgan fingerprint density at radius 1 is 1.27 bits per heavy atom. The first-order valence-corrected chi connectivity index (χ1v) is 6.49. The number of hydrogen-bond donors (Lipinski definition) is 1. The van der Waals surface area contributed by atoms with Crippen LogP contribution in [0.5, 0.6) is 0 Å². The van der Waals surface area contributed by atoms with E-state index in [2.05, 4.69) is 13.8 Å². The van der Waals surface area contributed by atoms with Gasteiger partial charge in [0.05, 0.1) is 6.10 Å². The summed E-state index contributed by atoms with van der Waals surface area (Å²) >= 11 is 0. The molecule has 1 saturated carbocycles. The smallest absolute Gasteiger partial charge is 0.0593 e. The first kappa shape index (κ1) is 11.4. The van der Waals surface area contributed by atoms with E-state index in [1.165, 1.54) is 32.1 Å². The first-order chi connectivity index (χ1) is 7.09. The zero-order valence-electron chi connectivity index (χ0n) is 10.2. The monoisotopic (exact) mass is 211 g/mol. The van der Waals surface area contributed by atoms with Crippen molar-refractivity contribution in [2.75, 3.05) is 6.61 Å². The van der Waals surface area contributed by atoms with Crippen LogP contribution in [0.25, 0.3) is 0 Å². The van der Waals surface area contributed by atoms with Crippen molar-refractivity contribution in [3.63, 3.8) is 0 Å². The van der Waals surface area contributed by atoms with Crippen molar-refractivity contribution in [1.29, 1.82) is 0 Å². The molecule has 0 aromatic carbocycles. The fourth-order valence-electron chi connectivity index (χ4n) is 3.19. The molecule has 0 aromatic rings. The van der Waals surface area contributed by atoms with Gasteiger partial charge in [-0.2, -0.15) is 0 Å². The van der Waals surface area contributed by atoms with Gasteiger partial charge in [-0.25, -0.2) is 0 Å². The zero-order chi connectivity index (χ0) is 10.9. The molecule has 0 aromatic heterocycles. The summed E-state index contributed by atoms with van der Waals surface area (Å²) in [5, 5.41) is 0. The van der Waals surface area contributed by atoms with E-state index in [0.29, 0.717) is 6.10 Å². The highest BCUT2D eigenvalue weighted by Crippen LogP contribution is 2.38. The van der Waals surface area contributed by atoms with Crippen LogP contribution in [-0.2, 0) is 4.74 Å². The van der Waals surface area contributed by atoms with Crippen LogP contribution >= 0.6 is 0 Å². The third-order valence-electron chi connectivity index (χ3n) is 4.46. The minimum absolute atomic E-state index is 0.0704. The van der Waals surface area contributed by atoms with E-state index < -0.39 is 0 Å². The van der Waals surface area contributed by atoms with Crippen LogP contribution in [0.3, 0.4) is 0 Å². The van der Waals surface area contributed by atoms with E-state index in [4.69, 9.17) is 10.5 Å². The predicted molar refractivity (Wildman–Crippen MR) is 62.7 cm³/mol. The van der Waals surface area contributed by atoms with Crippen LogP contribution in [-0.4, -0.2) is 18.2 Å². The molecule has 1 saturated heterocycles. The highest BCUT2D eigenvalue weighted by Gasteiger charge is 2.37. The lowest BCUT2D eigenvalue weighted by atomic mass is 9.69. The van der Waals surface area contributed by atoms with Gasteiger partial charge in [-0.05, 0) is 50.4 Å². The Morgan fingerprint density at radius 3 is 2.67 bits per heavy atom. The molecular weight excluding hydrogens is 186 g/mol. The molecule has 4 atom stereocenters.